The average Bonchev–Trinajstić information content (AvgIpc) is 2.58. The van der Waals surface area contributed by atoms with Gasteiger partial charge in [0, 0.05) is 12.1 Å². The van der Waals surface area contributed by atoms with E-state index >= 15 is 0 Å². The van der Waals surface area contributed by atoms with Gasteiger partial charge in [-0.05, 0) is 44.7 Å². The SMILES string of the molecule is Cc1ccc(C)c(C(C)NC2CCCCCC2O)c1. The van der Waals surface area contributed by atoms with Crippen LogP contribution < -0.4 is 5.32 Å². The number of benzene rings is 1. The molecule has 106 valence electrons. The van der Waals surface area contributed by atoms with Crippen molar-refractivity contribution in [1.29, 1.82) is 0 Å². The molecule has 0 aromatic heterocycles. The first-order chi connectivity index (χ1) is 9.08. The van der Waals surface area contributed by atoms with Crippen LogP contribution >= 0.6 is 0 Å². The summed E-state index contributed by atoms with van der Waals surface area (Å²) >= 11 is 0. The number of nitrogens with one attached hydrogen (secondary N) is 1. The maximum atomic E-state index is 10.2. The van der Waals surface area contributed by atoms with Crippen LogP contribution in [-0.2, 0) is 0 Å². The van der Waals surface area contributed by atoms with Crippen LogP contribution in [0, 0.1) is 13.8 Å². The lowest BCUT2D eigenvalue weighted by Gasteiger charge is -2.27. The van der Waals surface area contributed by atoms with Gasteiger partial charge in [-0.15, -0.1) is 0 Å². The molecule has 1 aromatic carbocycles. The van der Waals surface area contributed by atoms with Crippen molar-refractivity contribution in [3.63, 3.8) is 0 Å². The van der Waals surface area contributed by atoms with Gasteiger partial charge in [-0.2, -0.15) is 0 Å². The van der Waals surface area contributed by atoms with E-state index < -0.39 is 0 Å². The predicted octanol–water partition coefficient (Wildman–Crippen LogP) is 3.65. The molecule has 0 spiro atoms. The summed E-state index contributed by atoms with van der Waals surface area (Å²) in [6.45, 7) is 6.51. The Kier molecular flexibility index (Phi) is 5.00. The zero-order valence-corrected chi connectivity index (χ0v) is 12.4. The third-order valence-electron chi connectivity index (χ3n) is 4.34. The molecule has 0 bridgehead atoms. The molecule has 2 nitrogen and oxygen atoms in total. The first kappa shape index (κ1) is 14.5. The summed E-state index contributed by atoms with van der Waals surface area (Å²) < 4.78 is 0. The Morgan fingerprint density at radius 2 is 1.89 bits per heavy atom. The van der Waals surface area contributed by atoms with Gasteiger partial charge in [0.2, 0.25) is 0 Å². The molecule has 0 heterocycles. The van der Waals surface area contributed by atoms with E-state index in [1.807, 2.05) is 0 Å². The van der Waals surface area contributed by atoms with Crippen molar-refractivity contribution in [3.8, 4) is 0 Å². The predicted molar refractivity (Wildman–Crippen MR) is 80.3 cm³/mol. The third-order valence-corrected chi connectivity index (χ3v) is 4.34. The normalized spacial score (nSPS) is 25.9. The number of hydrogen-bond acceptors (Lipinski definition) is 2. The first-order valence-electron chi connectivity index (χ1n) is 7.59. The minimum atomic E-state index is -0.185. The maximum Gasteiger partial charge on any atom is 0.0693 e. The largest absolute Gasteiger partial charge is 0.392 e. The zero-order valence-electron chi connectivity index (χ0n) is 12.4. The molecule has 3 atom stereocenters. The van der Waals surface area contributed by atoms with E-state index in [1.165, 1.54) is 29.5 Å². The molecule has 19 heavy (non-hydrogen) atoms. The van der Waals surface area contributed by atoms with Gasteiger partial charge in [0.05, 0.1) is 6.10 Å². The zero-order chi connectivity index (χ0) is 13.8. The van der Waals surface area contributed by atoms with Crippen LogP contribution in [0.5, 0.6) is 0 Å². The molecule has 0 aliphatic heterocycles. The molecule has 0 saturated heterocycles. The minimum absolute atomic E-state index is 0.185. The van der Waals surface area contributed by atoms with Crippen molar-refractivity contribution >= 4 is 0 Å². The molecule has 1 fully saturated rings. The highest BCUT2D eigenvalue weighted by Crippen LogP contribution is 2.23. The molecule has 3 unspecified atom stereocenters. The summed E-state index contributed by atoms with van der Waals surface area (Å²) in [5.74, 6) is 0. The summed E-state index contributed by atoms with van der Waals surface area (Å²) in [4.78, 5) is 0. The number of hydrogen-bond donors (Lipinski definition) is 2. The first-order valence-corrected chi connectivity index (χ1v) is 7.59. The summed E-state index contributed by atoms with van der Waals surface area (Å²) in [7, 11) is 0. The lowest BCUT2D eigenvalue weighted by Crippen LogP contribution is -2.40. The average molecular weight is 261 g/mol. The molecule has 1 aliphatic carbocycles. The maximum absolute atomic E-state index is 10.2. The van der Waals surface area contributed by atoms with Gasteiger partial charge in [-0.3, -0.25) is 0 Å². The smallest absolute Gasteiger partial charge is 0.0693 e. The van der Waals surface area contributed by atoms with Crippen LogP contribution in [0.1, 0.15) is 61.8 Å². The minimum Gasteiger partial charge on any atom is -0.392 e. The number of aliphatic hydroxyl groups is 1. The van der Waals surface area contributed by atoms with Gasteiger partial charge < -0.3 is 10.4 Å². The van der Waals surface area contributed by atoms with Crippen molar-refractivity contribution in [2.24, 2.45) is 0 Å². The second kappa shape index (κ2) is 6.53. The highest BCUT2D eigenvalue weighted by molar-refractivity contribution is 5.32. The monoisotopic (exact) mass is 261 g/mol. The molecule has 0 amide bonds. The Balaban J connectivity index is 2.06. The van der Waals surface area contributed by atoms with Crippen LogP contribution in [0.15, 0.2) is 18.2 Å². The van der Waals surface area contributed by atoms with E-state index in [1.54, 1.807) is 0 Å². The quantitative estimate of drug-likeness (QED) is 0.814. The molecule has 0 radical (unpaired) electrons. The summed E-state index contributed by atoms with van der Waals surface area (Å²) in [5, 5.41) is 13.8. The number of aryl methyl sites for hydroxylation is 2. The van der Waals surface area contributed by atoms with E-state index in [4.69, 9.17) is 0 Å². The van der Waals surface area contributed by atoms with Gasteiger partial charge in [0.1, 0.15) is 0 Å². The Labute approximate surface area is 117 Å². The second-order valence-electron chi connectivity index (χ2n) is 6.06. The molecule has 1 aliphatic rings. The van der Waals surface area contributed by atoms with Gasteiger partial charge in [-0.25, -0.2) is 0 Å². The van der Waals surface area contributed by atoms with Gasteiger partial charge in [0.15, 0.2) is 0 Å². The van der Waals surface area contributed by atoms with Crippen LogP contribution in [0.25, 0.3) is 0 Å². The van der Waals surface area contributed by atoms with Crippen LogP contribution in [-0.4, -0.2) is 17.3 Å². The molecule has 1 saturated carbocycles. The summed E-state index contributed by atoms with van der Waals surface area (Å²) in [6, 6.07) is 7.16. The summed E-state index contributed by atoms with van der Waals surface area (Å²) in [6.07, 6.45) is 5.50. The van der Waals surface area contributed by atoms with E-state index in [0.717, 1.165) is 19.3 Å². The van der Waals surface area contributed by atoms with Crippen molar-refractivity contribution in [2.75, 3.05) is 0 Å². The molecular weight excluding hydrogens is 234 g/mol. The lowest BCUT2D eigenvalue weighted by molar-refractivity contribution is 0.115. The van der Waals surface area contributed by atoms with Crippen LogP contribution in [0.4, 0.5) is 0 Å². The fourth-order valence-corrected chi connectivity index (χ4v) is 3.12. The molecular formula is C17H27NO. The molecule has 1 aromatic rings. The van der Waals surface area contributed by atoms with Crippen LogP contribution in [0.2, 0.25) is 0 Å². The Bertz CT molecular complexity index is 416. The Morgan fingerprint density at radius 3 is 2.68 bits per heavy atom. The van der Waals surface area contributed by atoms with Crippen molar-refractivity contribution in [2.45, 2.75) is 71.1 Å². The van der Waals surface area contributed by atoms with Crippen LogP contribution in [0.3, 0.4) is 0 Å². The fraction of sp³-hybridized carbons (Fsp3) is 0.647. The van der Waals surface area contributed by atoms with Crippen molar-refractivity contribution in [1.82, 2.24) is 5.32 Å². The lowest BCUT2D eigenvalue weighted by atomic mass is 9.97. The number of rotatable bonds is 3. The van der Waals surface area contributed by atoms with Crippen molar-refractivity contribution in [3.05, 3.63) is 34.9 Å². The molecule has 2 rings (SSSR count). The highest BCUT2D eigenvalue weighted by Gasteiger charge is 2.23. The van der Waals surface area contributed by atoms with Gasteiger partial charge in [0.25, 0.3) is 0 Å². The third kappa shape index (κ3) is 3.80. The summed E-state index contributed by atoms with van der Waals surface area (Å²) in [5.41, 5.74) is 3.99. The topological polar surface area (TPSA) is 32.3 Å². The van der Waals surface area contributed by atoms with E-state index in [9.17, 15) is 5.11 Å². The van der Waals surface area contributed by atoms with E-state index in [-0.39, 0.29) is 12.1 Å². The fourth-order valence-electron chi connectivity index (χ4n) is 3.12. The van der Waals surface area contributed by atoms with Gasteiger partial charge in [-0.1, -0.05) is 43.0 Å². The van der Waals surface area contributed by atoms with E-state index in [2.05, 4.69) is 44.3 Å². The Morgan fingerprint density at radius 1 is 1.16 bits per heavy atom. The standard InChI is InChI=1S/C17H27NO/c1-12-9-10-13(2)15(11-12)14(3)18-16-7-5-4-6-8-17(16)19/h9-11,14,16-19H,4-8H2,1-3H3. The highest BCUT2D eigenvalue weighted by atomic mass is 16.3. The molecule has 2 heteroatoms. The second-order valence-corrected chi connectivity index (χ2v) is 6.06. The van der Waals surface area contributed by atoms with Crippen molar-refractivity contribution < 1.29 is 5.11 Å². The Hall–Kier alpha value is -0.860. The molecule has 2 N–H and O–H groups in total. The number of aliphatic hydroxyl groups excluding tert-OH is 1. The van der Waals surface area contributed by atoms with E-state index in [0.29, 0.717) is 6.04 Å². The van der Waals surface area contributed by atoms with Gasteiger partial charge >= 0.3 is 0 Å².